The molecule has 2 aromatic heterocycles. The molecule has 1 aliphatic heterocycles. The second-order valence-electron chi connectivity index (χ2n) is 5.97. The quantitative estimate of drug-likeness (QED) is 0.780. The van der Waals surface area contributed by atoms with Crippen LogP contribution in [0.1, 0.15) is 17.2 Å². The summed E-state index contributed by atoms with van der Waals surface area (Å²) in [6, 6.07) is 3.45. The van der Waals surface area contributed by atoms with E-state index >= 15 is 0 Å². The van der Waals surface area contributed by atoms with E-state index in [2.05, 4.69) is 25.6 Å². The van der Waals surface area contributed by atoms with Crippen LogP contribution in [0.3, 0.4) is 0 Å². The summed E-state index contributed by atoms with van der Waals surface area (Å²) >= 11 is 0. The fraction of sp³-hybridized carbons (Fsp3) is 0.471. The average molecular weight is 344 g/mol. The van der Waals surface area contributed by atoms with Crippen molar-refractivity contribution in [1.82, 2.24) is 25.4 Å². The number of likely N-dealkylation sites (N-methyl/N-ethyl adjacent to an activating group) is 1. The van der Waals surface area contributed by atoms with Gasteiger partial charge >= 0.3 is 0 Å². The summed E-state index contributed by atoms with van der Waals surface area (Å²) < 4.78 is 7.09. The summed E-state index contributed by atoms with van der Waals surface area (Å²) in [7, 11) is 3.60. The number of carbonyl (C=O) groups excluding carboxylic acids is 1. The van der Waals surface area contributed by atoms with Gasteiger partial charge in [-0.05, 0) is 13.1 Å². The Morgan fingerprint density at radius 1 is 1.40 bits per heavy atom. The van der Waals surface area contributed by atoms with Gasteiger partial charge in [0.05, 0.1) is 19.4 Å². The molecule has 134 valence electrons. The van der Waals surface area contributed by atoms with E-state index in [0.29, 0.717) is 19.8 Å². The van der Waals surface area contributed by atoms with E-state index in [1.54, 1.807) is 24.1 Å². The van der Waals surface area contributed by atoms with Crippen LogP contribution in [0.2, 0.25) is 0 Å². The van der Waals surface area contributed by atoms with Crippen LogP contribution >= 0.6 is 0 Å². The summed E-state index contributed by atoms with van der Waals surface area (Å²) in [5, 5.41) is 10.2. The number of hydrogen-bond acceptors (Lipinski definition) is 6. The van der Waals surface area contributed by atoms with E-state index in [1.165, 1.54) is 0 Å². The number of ether oxygens (including phenoxy) is 1. The van der Waals surface area contributed by atoms with Gasteiger partial charge in [-0.25, -0.2) is 4.98 Å². The summed E-state index contributed by atoms with van der Waals surface area (Å²) in [5.41, 5.74) is 1.83. The van der Waals surface area contributed by atoms with Crippen LogP contribution in [0.5, 0.6) is 0 Å². The number of nitrogens with zero attached hydrogens (tertiary/aromatic N) is 4. The molecule has 0 radical (unpaired) electrons. The third-order valence-electron chi connectivity index (χ3n) is 4.24. The SMILES string of the molecule is CNC(C(=O)NCc1cccnc1N1CCOCC1)c1cnn(C)c1. The first-order valence-electron chi connectivity index (χ1n) is 8.39. The van der Waals surface area contributed by atoms with Gasteiger partial charge in [0.25, 0.3) is 0 Å². The predicted octanol–water partition coefficient (Wildman–Crippen LogP) is 0.229. The molecule has 1 saturated heterocycles. The Hall–Kier alpha value is -2.45. The van der Waals surface area contributed by atoms with Gasteiger partial charge < -0.3 is 20.3 Å². The van der Waals surface area contributed by atoms with Crippen LogP contribution in [0.25, 0.3) is 0 Å². The van der Waals surface area contributed by atoms with Crippen molar-refractivity contribution >= 4 is 11.7 Å². The molecule has 0 aliphatic carbocycles. The van der Waals surface area contributed by atoms with Crippen LogP contribution in [0, 0.1) is 0 Å². The lowest BCUT2D eigenvalue weighted by Gasteiger charge is -2.29. The van der Waals surface area contributed by atoms with Gasteiger partial charge in [0.1, 0.15) is 11.9 Å². The first kappa shape index (κ1) is 17.4. The highest BCUT2D eigenvalue weighted by Gasteiger charge is 2.21. The van der Waals surface area contributed by atoms with E-state index in [0.717, 1.165) is 30.0 Å². The van der Waals surface area contributed by atoms with E-state index < -0.39 is 6.04 Å². The summed E-state index contributed by atoms with van der Waals surface area (Å²) in [6.45, 7) is 3.45. The fourth-order valence-electron chi connectivity index (χ4n) is 2.95. The molecule has 0 bridgehead atoms. The number of carbonyl (C=O) groups is 1. The Bertz CT molecular complexity index is 711. The first-order valence-corrected chi connectivity index (χ1v) is 8.39. The lowest BCUT2D eigenvalue weighted by Crippen LogP contribution is -2.39. The Morgan fingerprint density at radius 3 is 2.88 bits per heavy atom. The number of hydrogen-bond donors (Lipinski definition) is 2. The van der Waals surface area contributed by atoms with Gasteiger partial charge in [0.15, 0.2) is 0 Å². The molecular formula is C17H24N6O2. The van der Waals surface area contributed by atoms with Gasteiger partial charge in [0, 0.05) is 50.2 Å². The minimum absolute atomic E-state index is 0.0905. The lowest BCUT2D eigenvalue weighted by atomic mass is 10.1. The molecule has 0 saturated carbocycles. The van der Waals surface area contributed by atoms with Crippen molar-refractivity contribution in [1.29, 1.82) is 0 Å². The van der Waals surface area contributed by atoms with Gasteiger partial charge in [-0.15, -0.1) is 0 Å². The second kappa shape index (κ2) is 8.09. The van der Waals surface area contributed by atoms with Crippen LogP contribution in [0.4, 0.5) is 5.82 Å². The maximum absolute atomic E-state index is 12.6. The zero-order valence-electron chi connectivity index (χ0n) is 14.6. The van der Waals surface area contributed by atoms with Gasteiger partial charge in [-0.2, -0.15) is 5.10 Å². The molecule has 3 heterocycles. The van der Waals surface area contributed by atoms with Crippen LogP contribution in [-0.4, -0.2) is 54.0 Å². The zero-order valence-corrected chi connectivity index (χ0v) is 14.6. The highest BCUT2D eigenvalue weighted by atomic mass is 16.5. The molecule has 1 aliphatic rings. The minimum atomic E-state index is -0.433. The van der Waals surface area contributed by atoms with Crippen molar-refractivity contribution in [3.05, 3.63) is 41.9 Å². The zero-order chi connectivity index (χ0) is 17.6. The number of anilines is 1. The van der Waals surface area contributed by atoms with Gasteiger partial charge in [0.2, 0.25) is 5.91 Å². The predicted molar refractivity (Wildman–Crippen MR) is 94.1 cm³/mol. The molecule has 2 aromatic rings. The monoisotopic (exact) mass is 344 g/mol. The molecule has 2 N–H and O–H groups in total. The lowest BCUT2D eigenvalue weighted by molar-refractivity contribution is -0.123. The molecule has 0 aromatic carbocycles. The minimum Gasteiger partial charge on any atom is -0.378 e. The van der Waals surface area contributed by atoms with Crippen molar-refractivity contribution in [3.63, 3.8) is 0 Å². The number of amides is 1. The van der Waals surface area contributed by atoms with Crippen molar-refractivity contribution in [2.45, 2.75) is 12.6 Å². The molecule has 1 amide bonds. The average Bonchev–Trinajstić information content (AvgIpc) is 3.07. The summed E-state index contributed by atoms with van der Waals surface area (Å²) in [6.07, 6.45) is 5.32. The van der Waals surface area contributed by atoms with E-state index in [-0.39, 0.29) is 5.91 Å². The van der Waals surface area contributed by atoms with Gasteiger partial charge in [-0.3, -0.25) is 9.48 Å². The molecule has 1 fully saturated rings. The number of aromatic nitrogens is 3. The molecular weight excluding hydrogens is 320 g/mol. The van der Waals surface area contributed by atoms with Crippen molar-refractivity contribution in [3.8, 4) is 0 Å². The molecule has 0 spiro atoms. The highest BCUT2D eigenvalue weighted by molar-refractivity contribution is 5.83. The Labute approximate surface area is 147 Å². The number of aryl methyl sites for hydroxylation is 1. The van der Waals surface area contributed by atoms with Crippen LogP contribution in [-0.2, 0) is 23.1 Å². The highest BCUT2D eigenvalue weighted by Crippen LogP contribution is 2.19. The largest absolute Gasteiger partial charge is 0.378 e. The third kappa shape index (κ3) is 4.15. The molecule has 1 unspecified atom stereocenters. The number of rotatable bonds is 6. The molecule has 1 atom stereocenters. The van der Waals surface area contributed by atoms with Gasteiger partial charge in [-0.1, -0.05) is 6.07 Å². The Kier molecular flexibility index (Phi) is 5.62. The molecule has 8 nitrogen and oxygen atoms in total. The summed E-state index contributed by atoms with van der Waals surface area (Å²) in [5.74, 6) is 0.820. The molecule has 8 heteroatoms. The smallest absolute Gasteiger partial charge is 0.242 e. The number of morpholine rings is 1. The summed E-state index contributed by atoms with van der Waals surface area (Å²) in [4.78, 5) is 19.3. The Balaban J connectivity index is 1.67. The maximum Gasteiger partial charge on any atom is 0.242 e. The number of nitrogens with one attached hydrogen (secondary N) is 2. The van der Waals surface area contributed by atoms with Crippen molar-refractivity contribution < 1.29 is 9.53 Å². The van der Waals surface area contributed by atoms with Crippen molar-refractivity contribution in [2.75, 3.05) is 38.3 Å². The maximum atomic E-state index is 12.6. The third-order valence-corrected chi connectivity index (χ3v) is 4.24. The second-order valence-corrected chi connectivity index (χ2v) is 5.97. The van der Waals surface area contributed by atoms with E-state index in [9.17, 15) is 4.79 Å². The first-order chi connectivity index (χ1) is 12.2. The Morgan fingerprint density at radius 2 is 2.20 bits per heavy atom. The standard InChI is InChI=1S/C17H24N6O2/c1-18-15(14-11-21-22(2)12-14)17(24)20-10-13-4-3-5-19-16(13)23-6-8-25-9-7-23/h3-5,11-12,15,18H,6-10H2,1-2H3,(H,20,24). The topological polar surface area (TPSA) is 84.3 Å². The number of pyridine rings is 1. The fourth-order valence-corrected chi connectivity index (χ4v) is 2.95. The normalized spacial score (nSPS) is 15.8. The molecule has 25 heavy (non-hydrogen) atoms. The van der Waals surface area contributed by atoms with Crippen LogP contribution in [0.15, 0.2) is 30.7 Å². The molecule has 3 rings (SSSR count). The van der Waals surface area contributed by atoms with Crippen molar-refractivity contribution in [2.24, 2.45) is 7.05 Å². The van der Waals surface area contributed by atoms with E-state index in [4.69, 9.17) is 4.74 Å². The van der Waals surface area contributed by atoms with Crippen LogP contribution < -0.4 is 15.5 Å². The van der Waals surface area contributed by atoms with E-state index in [1.807, 2.05) is 25.4 Å².